The van der Waals surface area contributed by atoms with Crippen LogP contribution < -0.4 is 0 Å². The van der Waals surface area contributed by atoms with Gasteiger partial charge in [-0.1, -0.05) is 6.07 Å². The molecule has 0 bridgehead atoms. The molecule has 1 fully saturated rings. The number of aromatic nitrogens is 1. The van der Waals surface area contributed by atoms with Crippen LogP contribution in [0.4, 0.5) is 0 Å². The number of ether oxygens (including phenoxy) is 1. The number of pyridine rings is 1. The Kier molecular flexibility index (Phi) is 4.77. The maximum atomic E-state index is 5.32. The summed E-state index contributed by atoms with van der Waals surface area (Å²) in [5.74, 6) is 0. The first kappa shape index (κ1) is 11.6. The molecule has 1 aromatic rings. The van der Waals surface area contributed by atoms with E-state index < -0.39 is 0 Å². The van der Waals surface area contributed by atoms with Crippen LogP contribution in [0.15, 0.2) is 24.4 Å². The van der Waals surface area contributed by atoms with Crippen LogP contribution in [0, 0.1) is 0 Å². The average molecular weight is 220 g/mol. The van der Waals surface area contributed by atoms with Gasteiger partial charge in [0.2, 0.25) is 0 Å². The average Bonchev–Trinajstić information content (AvgIpc) is 2.37. The van der Waals surface area contributed by atoms with Crippen LogP contribution in [0.25, 0.3) is 0 Å². The Labute approximate surface area is 97.4 Å². The van der Waals surface area contributed by atoms with Gasteiger partial charge >= 0.3 is 0 Å². The van der Waals surface area contributed by atoms with E-state index in [-0.39, 0.29) is 0 Å². The summed E-state index contributed by atoms with van der Waals surface area (Å²) in [4.78, 5) is 6.82. The van der Waals surface area contributed by atoms with Gasteiger partial charge in [0, 0.05) is 25.0 Å². The van der Waals surface area contributed by atoms with Gasteiger partial charge in [-0.2, -0.15) is 0 Å². The third-order valence-electron chi connectivity index (χ3n) is 2.99. The van der Waals surface area contributed by atoms with Crippen molar-refractivity contribution in [2.24, 2.45) is 0 Å². The molecule has 0 N–H and O–H groups in total. The minimum absolute atomic E-state index is 0.903. The Morgan fingerprint density at radius 1 is 1.19 bits per heavy atom. The molecule has 2 rings (SSSR count). The van der Waals surface area contributed by atoms with Crippen molar-refractivity contribution < 1.29 is 4.74 Å². The lowest BCUT2D eigenvalue weighted by Gasteiger charge is -2.26. The lowest BCUT2D eigenvalue weighted by molar-refractivity contribution is 0.0372. The number of rotatable bonds is 5. The van der Waals surface area contributed by atoms with Crippen LogP contribution >= 0.6 is 0 Å². The summed E-state index contributed by atoms with van der Waals surface area (Å²) in [7, 11) is 0. The molecule has 88 valence electrons. The number of unbranched alkanes of at least 4 members (excludes halogenated alkanes) is 1. The van der Waals surface area contributed by atoms with Crippen molar-refractivity contribution in [1.82, 2.24) is 9.88 Å². The van der Waals surface area contributed by atoms with Crippen molar-refractivity contribution in [1.29, 1.82) is 0 Å². The van der Waals surface area contributed by atoms with E-state index in [0.717, 1.165) is 32.7 Å². The maximum absolute atomic E-state index is 5.32. The minimum atomic E-state index is 0.903. The fourth-order valence-electron chi connectivity index (χ4n) is 2.01. The molecular formula is C13H20N2O. The zero-order valence-corrected chi connectivity index (χ0v) is 9.77. The molecule has 0 unspecified atom stereocenters. The van der Waals surface area contributed by atoms with E-state index in [9.17, 15) is 0 Å². The van der Waals surface area contributed by atoms with Crippen molar-refractivity contribution in [2.45, 2.75) is 19.3 Å². The quantitative estimate of drug-likeness (QED) is 0.707. The fraction of sp³-hybridized carbons (Fsp3) is 0.615. The van der Waals surface area contributed by atoms with Crippen molar-refractivity contribution in [3.63, 3.8) is 0 Å². The van der Waals surface area contributed by atoms with Gasteiger partial charge in [-0.3, -0.25) is 9.88 Å². The van der Waals surface area contributed by atoms with Crippen molar-refractivity contribution in [3.05, 3.63) is 30.1 Å². The van der Waals surface area contributed by atoms with Gasteiger partial charge < -0.3 is 4.74 Å². The van der Waals surface area contributed by atoms with E-state index in [2.05, 4.69) is 22.0 Å². The molecule has 3 nitrogen and oxygen atoms in total. The predicted octanol–water partition coefficient (Wildman–Crippen LogP) is 1.74. The molecule has 0 saturated carbocycles. The molecule has 0 amide bonds. The zero-order valence-electron chi connectivity index (χ0n) is 9.77. The Bertz CT molecular complexity index is 283. The SMILES string of the molecule is c1ccc(CCCCN2CCOCC2)nc1. The molecule has 1 aliphatic rings. The van der Waals surface area contributed by atoms with Gasteiger partial charge in [-0.25, -0.2) is 0 Å². The largest absolute Gasteiger partial charge is 0.379 e. The third kappa shape index (κ3) is 3.91. The third-order valence-corrected chi connectivity index (χ3v) is 2.99. The van der Waals surface area contributed by atoms with E-state index in [1.54, 1.807) is 0 Å². The van der Waals surface area contributed by atoms with Crippen LogP contribution in [-0.4, -0.2) is 42.7 Å². The van der Waals surface area contributed by atoms with Crippen molar-refractivity contribution in [2.75, 3.05) is 32.8 Å². The zero-order chi connectivity index (χ0) is 11.1. The standard InChI is InChI=1S/C13H20N2O/c1-3-7-14-13(5-1)6-2-4-8-15-9-11-16-12-10-15/h1,3,5,7H,2,4,6,8-12H2. The van der Waals surface area contributed by atoms with Gasteiger partial charge in [0.15, 0.2) is 0 Å². The Hall–Kier alpha value is -0.930. The molecule has 3 heteroatoms. The number of hydrogen-bond acceptors (Lipinski definition) is 3. The summed E-state index contributed by atoms with van der Waals surface area (Å²) in [6.45, 7) is 5.21. The number of morpholine rings is 1. The van der Waals surface area contributed by atoms with E-state index in [0.29, 0.717) is 0 Å². The first-order valence-corrected chi connectivity index (χ1v) is 6.15. The molecule has 2 heterocycles. The highest BCUT2D eigenvalue weighted by Gasteiger charge is 2.08. The van der Waals surface area contributed by atoms with Crippen LogP contribution in [-0.2, 0) is 11.2 Å². The predicted molar refractivity (Wildman–Crippen MR) is 64.4 cm³/mol. The van der Waals surface area contributed by atoms with E-state index in [1.165, 1.54) is 25.1 Å². The molecule has 16 heavy (non-hydrogen) atoms. The Morgan fingerprint density at radius 3 is 2.81 bits per heavy atom. The number of hydrogen-bond donors (Lipinski definition) is 0. The summed E-state index contributed by atoms with van der Waals surface area (Å²) in [6, 6.07) is 6.14. The first-order valence-electron chi connectivity index (χ1n) is 6.15. The minimum Gasteiger partial charge on any atom is -0.379 e. The smallest absolute Gasteiger partial charge is 0.0594 e. The van der Waals surface area contributed by atoms with Crippen molar-refractivity contribution >= 4 is 0 Å². The van der Waals surface area contributed by atoms with Crippen molar-refractivity contribution in [3.8, 4) is 0 Å². The van der Waals surface area contributed by atoms with E-state index in [1.807, 2.05) is 12.3 Å². The van der Waals surface area contributed by atoms with Crippen LogP contribution in [0.1, 0.15) is 18.5 Å². The van der Waals surface area contributed by atoms with Gasteiger partial charge in [-0.15, -0.1) is 0 Å². The highest BCUT2D eigenvalue weighted by atomic mass is 16.5. The molecule has 0 aromatic carbocycles. The Morgan fingerprint density at radius 2 is 2.06 bits per heavy atom. The molecule has 1 saturated heterocycles. The van der Waals surface area contributed by atoms with E-state index in [4.69, 9.17) is 4.74 Å². The summed E-state index contributed by atoms with van der Waals surface area (Å²) < 4.78 is 5.32. The first-order chi connectivity index (χ1) is 7.95. The van der Waals surface area contributed by atoms with Gasteiger partial charge in [0.05, 0.1) is 13.2 Å². The van der Waals surface area contributed by atoms with Gasteiger partial charge in [-0.05, 0) is 37.9 Å². The summed E-state index contributed by atoms with van der Waals surface area (Å²) in [6.07, 6.45) is 5.47. The molecule has 0 spiro atoms. The normalized spacial score (nSPS) is 17.5. The molecular weight excluding hydrogens is 200 g/mol. The maximum Gasteiger partial charge on any atom is 0.0594 e. The molecule has 1 aliphatic heterocycles. The monoisotopic (exact) mass is 220 g/mol. The highest BCUT2D eigenvalue weighted by Crippen LogP contribution is 2.04. The fourth-order valence-corrected chi connectivity index (χ4v) is 2.01. The summed E-state index contributed by atoms with van der Waals surface area (Å²) >= 11 is 0. The van der Waals surface area contributed by atoms with Crippen LogP contribution in [0.2, 0.25) is 0 Å². The number of aryl methyl sites for hydroxylation is 1. The Balaban J connectivity index is 1.58. The number of nitrogens with zero attached hydrogens (tertiary/aromatic N) is 2. The highest BCUT2D eigenvalue weighted by molar-refractivity contribution is 5.03. The summed E-state index contributed by atoms with van der Waals surface area (Å²) in [5.41, 5.74) is 1.21. The topological polar surface area (TPSA) is 25.4 Å². The second-order valence-corrected chi connectivity index (χ2v) is 4.23. The van der Waals surface area contributed by atoms with Crippen LogP contribution in [0.3, 0.4) is 0 Å². The molecule has 1 aromatic heterocycles. The van der Waals surface area contributed by atoms with E-state index >= 15 is 0 Å². The van der Waals surface area contributed by atoms with Gasteiger partial charge in [0.25, 0.3) is 0 Å². The molecule has 0 atom stereocenters. The second kappa shape index (κ2) is 6.61. The lowest BCUT2D eigenvalue weighted by Crippen LogP contribution is -2.36. The molecule has 0 aliphatic carbocycles. The second-order valence-electron chi connectivity index (χ2n) is 4.23. The van der Waals surface area contributed by atoms with Crippen LogP contribution in [0.5, 0.6) is 0 Å². The van der Waals surface area contributed by atoms with Gasteiger partial charge in [0.1, 0.15) is 0 Å². The molecule has 0 radical (unpaired) electrons. The lowest BCUT2D eigenvalue weighted by atomic mass is 10.1. The summed E-state index contributed by atoms with van der Waals surface area (Å²) in [5, 5.41) is 0.